The van der Waals surface area contributed by atoms with E-state index in [1.165, 1.54) is 100 Å². The lowest BCUT2D eigenvalue weighted by Gasteiger charge is -2.34. The molecular formula is C87H60N2. The zero-order valence-electron chi connectivity index (χ0n) is 49.0. The van der Waals surface area contributed by atoms with Crippen molar-refractivity contribution in [3.05, 3.63) is 406 Å². The van der Waals surface area contributed by atoms with Gasteiger partial charge in [-0.05, 0) is 145 Å². The average Bonchev–Trinajstić information content (AvgIpc) is 1.64. The van der Waals surface area contributed by atoms with Gasteiger partial charge in [-0.25, -0.2) is 0 Å². The second-order valence-corrected chi connectivity index (χ2v) is 24.1. The molecule has 0 amide bonds. The van der Waals surface area contributed by atoms with E-state index in [0.717, 1.165) is 44.5 Å². The van der Waals surface area contributed by atoms with Gasteiger partial charge in [-0.3, -0.25) is 0 Å². The summed E-state index contributed by atoms with van der Waals surface area (Å²) in [5, 5.41) is 0. The topological polar surface area (TPSA) is 52.0 Å². The van der Waals surface area contributed by atoms with Gasteiger partial charge >= 0.3 is 0 Å². The third-order valence-electron chi connectivity index (χ3n) is 20.0. The van der Waals surface area contributed by atoms with Crippen molar-refractivity contribution in [3.8, 4) is 77.9 Å². The summed E-state index contributed by atoms with van der Waals surface area (Å²) in [6.07, 6.45) is 0. The van der Waals surface area contributed by atoms with Gasteiger partial charge in [-0.2, -0.15) is 0 Å². The minimum atomic E-state index is -0.552. The molecule has 0 radical (unpaired) electrons. The Balaban J connectivity index is 0.870. The number of hydrogen-bond donors (Lipinski definition) is 2. The molecule has 0 aliphatic heterocycles. The highest BCUT2D eigenvalue weighted by Crippen LogP contribution is 2.60. The predicted molar refractivity (Wildman–Crippen MR) is 369 cm³/mol. The number of anilines is 2. The van der Waals surface area contributed by atoms with Gasteiger partial charge in [0, 0.05) is 5.56 Å². The van der Waals surface area contributed by atoms with Crippen LogP contribution in [0.5, 0.6) is 0 Å². The minimum absolute atomic E-state index is 0.531. The average molecular weight is 1130 g/mol. The van der Waals surface area contributed by atoms with Crippen LogP contribution in [0.15, 0.2) is 340 Å². The Morgan fingerprint density at radius 3 is 0.753 bits per heavy atom. The molecule has 3 aliphatic carbocycles. The van der Waals surface area contributed by atoms with Gasteiger partial charge < -0.3 is 11.5 Å². The van der Waals surface area contributed by atoms with Crippen LogP contribution in [0, 0.1) is 0 Å². The highest BCUT2D eigenvalue weighted by molar-refractivity contribution is 6.03. The van der Waals surface area contributed by atoms with E-state index in [2.05, 4.69) is 334 Å². The standard InChI is InChI=1S/C87H60N2/c88-81-56-55-74(83(84(81)89)59-47-53-65(54-48-59)87(62-27-8-3-9-28-62)79-41-20-14-33-71(79)72-34-15-21-42-80(72)87)73-36-22-35-66(57-43-49-63(50-44-57)85(60-23-4-1-5-24-60)75-37-16-10-29-67(75)68-30-11-17-38-76(68)85)82(73)58-45-51-64(52-46-58)86(61-25-6-2-7-26-61)77-39-18-12-31-69(77)70-32-13-19-40-78(70)86/h1-56H,88-89H2. The number of hydrogen-bond acceptors (Lipinski definition) is 2. The van der Waals surface area contributed by atoms with Crippen molar-refractivity contribution in [2.45, 2.75) is 16.2 Å². The molecule has 0 saturated carbocycles. The third-order valence-corrected chi connectivity index (χ3v) is 20.0. The Hall–Kier alpha value is -11.3. The normalized spacial score (nSPS) is 14.0. The maximum Gasteiger partial charge on any atom is 0.0713 e. The number of nitrogen functional groups attached to an aromatic ring is 2. The second kappa shape index (κ2) is 20.4. The largest absolute Gasteiger partial charge is 0.397 e. The molecule has 0 aromatic heterocycles. The number of nitrogens with two attached hydrogens (primary N) is 2. The highest BCUT2D eigenvalue weighted by atomic mass is 14.7. The van der Waals surface area contributed by atoms with Crippen LogP contribution >= 0.6 is 0 Å². The van der Waals surface area contributed by atoms with Crippen molar-refractivity contribution in [2.75, 3.05) is 11.5 Å². The summed E-state index contributed by atoms with van der Waals surface area (Å²) in [7, 11) is 0. The Labute approximate surface area is 520 Å². The molecule has 0 spiro atoms. The van der Waals surface area contributed by atoms with Crippen LogP contribution < -0.4 is 11.5 Å². The molecule has 0 heterocycles. The lowest BCUT2D eigenvalue weighted by atomic mass is 9.67. The van der Waals surface area contributed by atoms with Crippen LogP contribution in [-0.2, 0) is 16.2 Å². The summed E-state index contributed by atoms with van der Waals surface area (Å²) < 4.78 is 0. The van der Waals surface area contributed by atoms with E-state index in [1.807, 2.05) is 6.07 Å². The van der Waals surface area contributed by atoms with Crippen molar-refractivity contribution >= 4 is 11.4 Å². The molecule has 0 bridgehead atoms. The van der Waals surface area contributed by atoms with E-state index >= 15 is 0 Å². The number of rotatable bonds is 10. The maximum absolute atomic E-state index is 7.41. The molecule has 0 unspecified atom stereocenters. The van der Waals surface area contributed by atoms with E-state index in [0.29, 0.717) is 11.4 Å². The van der Waals surface area contributed by atoms with Crippen molar-refractivity contribution in [2.24, 2.45) is 0 Å². The van der Waals surface area contributed by atoms with E-state index in [-0.39, 0.29) is 0 Å². The van der Waals surface area contributed by atoms with Gasteiger partial charge in [-0.1, -0.05) is 334 Å². The Bertz CT molecular complexity index is 4930. The molecule has 0 fully saturated rings. The molecule has 2 nitrogen and oxygen atoms in total. The Morgan fingerprint density at radius 1 is 0.169 bits per heavy atom. The zero-order valence-corrected chi connectivity index (χ0v) is 49.0. The summed E-state index contributed by atoms with van der Waals surface area (Å²) >= 11 is 0. The number of fused-ring (bicyclic) bond motifs is 9. The van der Waals surface area contributed by atoms with Crippen LogP contribution in [0.2, 0.25) is 0 Å². The first-order chi connectivity index (χ1) is 44.0. The lowest BCUT2D eigenvalue weighted by Crippen LogP contribution is -2.28. The monoisotopic (exact) mass is 1130 g/mol. The van der Waals surface area contributed by atoms with Crippen molar-refractivity contribution in [1.29, 1.82) is 0 Å². The molecule has 3 aliphatic rings. The molecular weight excluding hydrogens is 1070 g/mol. The van der Waals surface area contributed by atoms with E-state index in [4.69, 9.17) is 11.5 Å². The van der Waals surface area contributed by atoms with E-state index in [1.54, 1.807) is 0 Å². The van der Waals surface area contributed by atoms with Crippen molar-refractivity contribution in [3.63, 3.8) is 0 Å². The first-order valence-corrected chi connectivity index (χ1v) is 30.9. The minimum Gasteiger partial charge on any atom is -0.397 e. The molecule has 418 valence electrons. The van der Waals surface area contributed by atoms with Crippen LogP contribution in [0.1, 0.15) is 66.8 Å². The fourth-order valence-electron chi connectivity index (χ4n) is 16.3. The molecule has 2 heteroatoms. The van der Waals surface area contributed by atoms with Crippen LogP contribution in [-0.4, -0.2) is 0 Å². The lowest BCUT2D eigenvalue weighted by molar-refractivity contribution is 0.768. The van der Waals surface area contributed by atoms with Gasteiger partial charge in [0.05, 0.1) is 27.6 Å². The molecule has 17 rings (SSSR count). The summed E-state index contributed by atoms with van der Waals surface area (Å²) in [4.78, 5) is 0. The fraction of sp³-hybridized carbons (Fsp3) is 0.0345. The second-order valence-electron chi connectivity index (χ2n) is 24.1. The summed E-state index contributed by atoms with van der Waals surface area (Å²) in [6, 6.07) is 126. The van der Waals surface area contributed by atoms with Gasteiger partial charge in [0.1, 0.15) is 0 Å². The van der Waals surface area contributed by atoms with Gasteiger partial charge in [0.25, 0.3) is 0 Å². The molecule has 14 aromatic rings. The quantitative estimate of drug-likeness (QED) is 0.134. The molecule has 4 N–H and O–H groups in total. The van der Waals surface area contributed by atoms with Crippen LogP contribution in [0.3, 0.4) is 0 Å². The summed E-state index contributed by atoms with van der Waals surface area (Å²) in [5.74, 6) is 0. The molecule has 0 atom stereocenters. The third kappa shape index (κ3) is 7.44. The zero-order chi connectivity index (χ0) is 59.3. The molecule has 0 saturated heterocycles. The fourth-order valence-corrected chi connectivity index (χ4v) is 16.3. The Morgan fingerprint density at radius 2 is 0.416 bits per heavy atom. The van der Waals surface area contributed by atoms with Gasteiger partial charge in [0.2, 0.25) is 0 Å². The van der Waals surface area contributed by atoms with Crippen LogP contribution in [0.4, 0.5) is 11.4 Å². The van der Waals surface area contributed by atoms with Crippen LogP contribution in [0.25, 0.3) is 77.9 Å². The Kier molecular flexibility index (Phi) is 11.9. The predicted octanol–water partition coefficient (Wildman–Crippen LogP) is 20.6. The van der Waals surface area contributed by atoms with Gasteiger partial charge in [-0.15, -0.1) is 0 Å². The van der Waals surface area contributed by atoms with E-state index < -0.39 is 16.2 Å². The maximum atomic E-state index is 7.41. The first kappa shape index (κ1) is 52.0. The molecule has 14 aromatic carbocycles. The SMILES string of the molecule is Nc1ccc(-c2cccc(-c3ccc(C4(c5ccccc5)c5ccccc5-c5ccccc54)cc3)c2-c2ccc(C3(c4ccccc4)c4ccccc4-c4ccccc43)cc2)c(-c2ccc(C3(c4ccccc4)c4ccccc4-c4ccccc43)cc2)c1N. The highest BCUT2D eigenvalue weighted by Gasteiger charge is 2.49. The van der Waals surface area contributed by atoms with Gasteiger partial charge in [0.15, 0.2) is 0 Å². The number of benzene rings is 14. The first-order valence-electron chi connectivity index (χ1n) is 30.9. The smallest absolute Gasteiger partial charge is 0.0713 e. The van der Waals surface area contributed by atoms with Crippen molar-refractivity contribution in [1.82, 2.24) is 0 Å². The van der Waals surface area contributed by atoms with Crippen molar-refractivity contribution < 1.29 is 0 Å². The summed E-state index contributed by atoms with van der Waals surface area (Å²) in [5.41, 5.74) is 44.7. The van der Waals surface area contributed by atoms with E-state index in [9.17, 15) is 0 Å². The summed E-state index contributed by atoms with van der Waals surface area (Å²) in [6.45, 7) is 0. The molecule has 89 heavy (non-hydrogen) atoms.